The van der Waals surface area contributed by atoms with Crippen LogP contribution in [0.3, 0.4) is 0 Å². The normalized spacial score (nSPS) is 12.7. The fourth-order valence-electron chi connectivity index (χ4n) is 8.28. The first-order valence-corrected chi connectivity index (χ1v) is 29.6. The van der Waals surface area contributed by atoms with Crippen LogP contribution in [-0.4, -0.2) is 72.8 Å². The van der Waals surface area contributed by atoms with Crippen molar-refractivity contribution in [2.75, 3.05) is 31.5 Å². The molecule has 0 bridgehead atoms. The number of ether oxygens (including phenoxy) is 2. The highest BCUT2D eigenvalue weighted by molar-refractivity contribution is 7.87. The molecule has 8 aromatic carbocycles. The Morgan fingerprint density at radius 1 is 0.370 bits per heavy atom. The lowest BCUT2D eigenvalue weighted by Gasteiger charge is -2.17. The maximum Gasteiger partial charge on any atom is 0.295 e. The van der Waals surface area contributed by atoms with E-state index in [1.807, 2.05) is 39.8 Å². The van der Waals surface area contributed by atoms with E-state index in [9.17, 15) is 51.9 Å². The lowest BCUT2D eigenvalue weighted by atomic mass is 10.1. The van der Waals surface area contributed by atoms with Crippen molar-refractivity contribution in [3.8, 4) is 11.5 Å². The predicted molar refractivity (Wildman–Crippen MR) is 303 cm³/mol. The van der Waals surface area contributed by atoms with E-state index in [0.717, 1.165) is 23.3 Å². The number of methoxy groups -OCH3 is 2. The number of azo groups is 4. The van der Waals surface area contributed by atoms with Crippen LogP contribution in [0.25, 0.3) is 21.5 Å². The molecule has 0 saturated carbocycles. The van der Waals surface area contributed by atoms with Gasteiger partial charge in [0, 0.05) is 22.9 Å². The molecule has 0 radical (unpaired) electrons. The molecule has 6 N–H and O–H groups in total. The van der Waals surface area contributed by atoms with E-state index in [-0.39, 0.29) is 39.6 Å². The van der Waals surface area contributed by atoms with Gasteiger partial charge in [0.05, 0.1) is 87.6 Å². The van der Waals surface area contributed by atoms with Gasteiger partial charge in [-0.25, -0.2) is 0 Å². The van der Waals surface area contributed by atoms with Gasteiger partial charge in [0.25, 0.3) is 40.5 Å². The van der Waals surface area contributed by atoms with Gasteiger partial charge in [-0.3, -0.25) is 18.2 Å². The Morgan fingerprint density at radius 2 is 0.667 bits per heavy atom. The van der Waals surface area contributed by atoms with Crippen LogP contribution < -0.4 is 20.1 Å². The molecule has 0 aliphatic heterocycles. The summed E-state index contributed by atoms with van der Waals surface area (Å²) in [4.78, 5) is -2.85. The van der Waals surface area contributed by atoms with Gasteiger partial charge in [0.1, 0.15) is 21.3 Å². The quantitative estimate of drug-likeness (QED) is 0.0264. The second kappa shape index (κ2) is 22.9. The zero-order valence-corrected chi connectivity index (χ0v) is 47.4. The second-order valence-electron chi connectivity index (χ2n) is 18.4. The number of hydrogen-bond acceptors (Lipinski definition) is 20. The van der Waals surface area contributed by atoms with Crippen molar-refractivity contribution in [2.24, 2.45) is 40.9 Å². The molecular formula is C53H50N10O14S4. The van der Waals surface area contributed by atoms with Gasteiger partial charge < -0.3 is 20.1 Å². The van der Waals surface area contributed by atoms with Crippen molar-refractivity contribution < 1.29 is 61.4 Å². The predicted octanol–water partition coefficient (Wildman–Crippen LogP) is 14.0. The van der Waals surface area contributed by atoms with Gasteiger partial charge in [0.15, 0.2) is 0 Å². The molecule has 0 aromatic heterocycles. The summed E-state index contributed by atoms with van der Waals surface area (Å²) in [6, 6.07) is 26.2. The van der Waals surface area contributed by atoms with Gasteiger partial charge in [-0.1, -0.05) is 12.1 Å². The molecule has 8 rings (SSSR count). The van der Waals surface area contributed by atoms with Crippen LogP contribution in [0.4, 0.5) is 56.9 Å². The first kappa shape index (κ1) is 58.7. The Morgan fingerprint density at radius 3 is 0.963 bits per heavy atom. The summed E-state index contributed by atoms with van der Waals surface area (Å²) in [6.45, 7) is 11.3. The number of nitrogens with zero attached hydrogens (tertiary/aromatic N) is 8. The molecule has 420 valence electrons. The number of rotatable bonds is 18. The summed E-state index contributed by atoms with van der Waals surface area (Å²) in [5.74, 6) is 1.000. The molecule has 8 aromatic rings. The monoisotopic (exact) mass is 1180 g/mol. The van der Waals surface area contributed by atoms with Crippen molar-refractivity contribution in [2.45, 2.75) is 61.1 Å². The summed E-state index contributed by atoms with van der Waals surface area (Å²) in [6.07, 6.45) is 0. The van der Waals surface area contributed by atoms with E-state index in [1.165, 1.54) is 50.6 Å². The highest BCUT2D eigenvalue weighted by atomic mass is 32.2. The molecule has 28 heteroatoms. The van der Waals surface area contributed by atoms with Crippen LogP contribution in [0.1, 0.15) is 33.4 Å². The molecule has 0 atom stereocenters. The van der Waals surface area contributed by atoms with Gasteiger partial charge in [-0.2, -0.15) is 74.6 Å². The Bertz CT molecular complexity index is 4210. The molecule has 0 aliphatic carbocycles. The van der Waals surface area contributed by atoms with E-state index in [2.05, 4.69) is 51.5 Å². The van der Waals surface area contributed by atoms with E-state index in [4.69, 9.17) is 9.47 Å². The van der Waals surface area contributed by atoms with Gasteiger partial charge in [-0.05, 0) is 171 Å². The highest BCUT2D eigenvalue weighted by Crippen LogP contribution is 2.40. The molecule has 0 fully saturated rings. The smallest absolute Gasteiger partial charge is 0.295 e. The Balaban J connectivity index is 0.917. The SMILES string of the molecule is COc1cc(N=Nc2cc(C)c(N=Nc3ccc4cc(S(=O)(=O)O)cc(S(=O)(=O)O)c4c3)cc2C)c(C)cc1NCNc1cc(C)c(N=Nc2cc(C)c(N=Nc3ccc4cc(S(=O)(=O)O)cc(S(=O)(=O)O)c4c3)cc2C)cc1OC. The molecule has 0 saturated heterocycles. The fraction of sp³-hybridized carbons (Fsp3) is 0.170. The summed E-state index contributed by atoms with van der Waals surface area (Å²) in [7, 11) is -16.3. The molecule has 0 aliphatic rings. The minimum Gasteiger partial charge on any atom is -0.495 e. The van der Waals surface area contributed by atoms with Crippen molar-refractivity contribution in [1.82, 2.24) is 0 Å². The molecule has 81 heavy (non-hydrogen) atoms. The standard InChI is InChI=1S/C53H50N10O14S4/c1-28-15-44(30(3)13-42(28)58-56-36-11-9-34-19-38(78(64,65)66)23-52(40(34)21-36)80(70,71)72)60-62-46-25-50(76-7)48(17-32(46)5)54-27-55-49-18-33(6)47(26-51(49)77-8)63-61-45-16-29(2)43(14-31(45)4)59-57-37-12-10-35-20-39(79(67,68)69)24-53(41(35)22-37)81(73,74)75/h9-26,54-55H,27H2,1-8H3,(H,64,65,66)(H,67,68,69)(H,70,71,72)(H,73,74,75). The van der Waals surface area contributed by atoms with Crippen molar-refractivity contribution in [3.63, 3.8) is 0 Å². The molecule has 0 heterocycles. The number of hydrogen-bond donors (Lipinski definition) is 6. The zero-order valence-electron chi connectivity index (χ0n) is 44.2. The summed E-state index contributed by atoms with van der Waals surface area (Å²) in [5, 5.41) is 42.2. The third kappa shape index (κ3) is 13.6. The average Bonchev–Trinajstić information content (AvgIpc) is 3.52. The van der Waals surface area contributed by atoms with Gasteiger partial charge in [0.2, 0.25) is 0 Å². The Labute approximate surface area is 465 Å². The number of aryl methyl sites for hydroxylation is 6. The first-order valence-electron chi connectivity index (χ1n) is 23.8. The van der Waals surface area contributed by atoms with E-state index >= 15 is 0 Å². The lowest BCUT2D eigenvalue weighted by molar-refractivity contribution is 0.416. The van der Waals surface area contributed by atoms with E-state index in [0.29, 0.717) is 91.4 Å². The van der Waals surface area contributed by atoms with Crippen LogP contribution in [-0.2, 0) is 40.5 Å². The van der Waals surface area contributed by atoms with Crippen LogP contribution in [0.15, 0.2) is 170 Å². The summed E-state index contributed by atoms with van der Waals surface area (Å²) >= 11 is 0. The second-order valence-corrected chi connectivity index (χ2v) is 24.0. The number of benzene rings is 8. The van der Waals surface area contributed by atoms with Crippen LogP contribution in [0, 0.1) is 41.5 Å². The van der Waals surface area contributed by atoms with Crippen LogP contribution in [0.5, 0.6) is 11.5 Å². The average molecular weight is 1180 g/mol. The van der Waals surface area contributed by atoms with Crippen LogP contribution in [0.2, 0.25) is 0 Å². The number of anilines is 2. The molecule has 0 amide bonds. The Hall–Kier alpha value is -8.48. The van der Waals surface area contributed by atoms with Crippen molar-refractivity contribution in [1.29, 1.82) is 0 Å². The van der Waals surface area contributed by atoms with E-state index in [1.54, 1.807) is 50.2 Å². The molecular weight excluding hydrogens is 1130 g/mol. The lowest BCUT2D eigenvalue weighted by Crippen LogP contribution is -2.13. The molecule has 24 nitrogen and oxygen atoms in total. The summed E-state index contributed by atoms with van der Waals surface area (Å²) < 4.78 is 146. The van der Waals surface area contributed by atoms with Crippen LogP contribution >= 0.6 is 0 Å². The largest absolute Gasteiger partial charge is 0.495 e. The maximum absolute atomic E-state index is 12.2. The minimum absolute atomic E-state index is 0.0310. The van der Waals surface area contributed by atoms with E-state index < -0.39 is 60.1 Å². The van der Waals surface area contributed by atoms with Gasteiger partial charge in [-0.15, -0.1) is 0 Å². The fourth-order valence-corrected chi connectivity index (χ4v) is 11.0. The van der Waals surface area contributed by atoms with Crippen molar-refractivity contribution >= 4 is 119 Å². The molecule has 0 spiro atoms. The van der Waals surface area contributed by atoms with Gasteiger partial charge >= 0.3 is 0 Å². The zero-order chi connectivity index (χ0) is 58.9. The number of nitrogens with one attached hydrogen (secondary N) is 2. The topological polar surface area (TPSA) is 359 Å². The highest BCUT2D eigenvalue weighted by Gasteiger charge is 2.23. The third-order valence-corrected chi connectivity index (χ3v) is 16.0. The van der Waals surface area contributed by atoms with Crippen molar-refractivity contribution in [3.05, 3.63) is 143 Å². The first-order chi connectivity index (χ1) is 38.0. The minimum atomic E-state index is -4.90. The maximum atomic E-state index is 12.2. The third-order valence-electron chi connectivity index (χ3n) is 12.6. The Kier molecular flexibility index (Phi) is 16.6. The summed E-state index contributed by atoms with van der Waals surface area (Å²) in [5.41, 5.74) is 9.31. The molecule has 0 unspecified atom stereocenters. The number of fused-ring (bicyclic) bond motifs is 2.